The number of rotatable bonds is 3. The second-order valence-corrected chi connectivity index (χ2v) is 7.81. The number of nitrogens with one attached hydrogen (secondary N) is 1. The number of non-ortho nitro benzene ring substituents is 1. The van der Waals surface area contributed by atoms with Gasteiger partial charge in [0.1, 0.15) is 0 Å². The largest absolute Gasteiger partial charge is 0.465 e. The van der Waals surface area contributed by atoms with Crippen LogP contribution in [0.5, 0.6) is 0 Å². The third kappa shape index (κ3) is 2.84. The number of ether oxygens (including phenoxy) is 1. The van der Waals surface area contributed by atoms with Crippen molar-refractivity contribution in [3.63, 3.8) is 0 Å². The van der Waals surface area contributed by atoms with Gasteiger partial charge < -0.3 is 10.1 Å². The summed E-state index contributed by atoms with van der Waals surface area (Å²) in [6.07, 6.45) is 0.888. The van der Waals surface area contributed by atoms with Crippen molar-refractivity contribution in [2.75, 3.05) is 12.4 Å². The Hall–Kier alpha value is -3.67. The highest BCUT2D eigenvalue weighted by atomic mass is 16.6. The highest BCUT2D eigenvalue weighted by molar-refractivity contribution is 5.89. The summed E-state index contributed by atoms with van der Waals surface area (Å²) in [5.41, 5.74) is 6.11. The van der Waals surface area contributed by atoms with E-state index in [2.05, 4.69) is 17.4 Å². The molecule has 2 aliphatic rings. The van der Waals surface area contributed by atoms with Gasteiger partial charge in [0.25, 0.3) is 5.69 Å². The maximum Gasteiger partial charge on any atom is 0.337 e. The highest BCUT2D eigenvalue weighted by Crippen LogP contribution is 2.54. The van der Waals surface area contributed by atoms with E-state index in [-0.39, 0.29) is 34.5 Å². The Bertz CT molecular complexity index is 1160. The molecule has 3 aromatic rings. The number of carbonyl (C=O) groups excluding carboxylic acids is 1. The fourth-order valence-electron chi connectivity index (χ4n) is 4.94. The molecule has 0 saturated heterocycles. The predicted octanol–water partition coefficient (Wildman–Crippen LogP) is 4.85. The van der Waals surface area contributed by atoms with Crippen molar-refractivity contribution in [3.8, 4) is 0 Å². The Morgan fingerprint density at radius 3 is 2.57 bits per heavy atom. The molecule has 30 heavy (non-hydrogen) atoms. The number of nitrogens with zero attached hydrogens (tertiary/aromatic N) is 1. The summed E-state index contributed by atoms with van der Waals surface area (Å²) in [6, 6.07) is 20.9. The molecule has 1 aliphatic heterocycles. The second kappa shape index (κ2) is 6.99. The van der Waals surface area contributed by atoms with Gasteiger partial charge in [-0.05, 0) is 52.8 Å². The number of methoxy groups -OCH3 is 1. The molecule has 6 heteroatoms. The highest BCUT2D eigenvalue weighted by Gasteiger charge is 2.43. The van der Waals surface area contributed by atoms with Crippen LogP contribution in [0.4, 0.5) is 11.4 Å². The van der Waals surface area contributed by atoms with Crippen LogP contribution in [0.15, 0.2) is 66.7 Å². The van der Waals surface area contributed by atoms with Crippen LogP contribution in [0.25, 0.3) is 0 Å². The topological polar surface area (TPSA) is 81.5 Å². The van der Waals surface area contributed by atoms with Crippen LogP contribution in [0.2, 0.25) is 0 Å². The van der Waals surface area contributed by atoms with Gasteiger partial charge >= 0.3 is 5.97 Å². The molecule has 0 aromatic heterocycles. The molecule has 5 rings (SSSR count). The summed E-state index contributed by atoms with van der Waals surface area (Å²) in [7, 11) is 1.37. The summed E-state index contributed by atoms with van der Waals surface area (Å²) < 4.78 is 4.80. The molecule has 0 unspecified atom stereocenters. The molecule has 0 saturated carbocycles. The first-order chi connectivity index (χ1) is 14.6. The Labute approximate surface area is 173 Å². The van der Waals surface area contributed by atoms with Gasteiger partial charge in [-0.25, -0.2) is 4.79 Å². The molecule has 0 amide bonds. The molecular formula is C24H20N2O4. The van der Waals surface area contributed by atoms with E-state index in [1.54, 1.807) is 30.3 Å². The number of fused-ring (bicyclic) bond motifs is 5. The van der Waals surface area contributed by atoms with E-state index in [0.29, 0.717) is 5.56 Å². The van der Waals surface area contributed by atoms with E-state index in [0.717, 1.165) is 23.2 Å². The number of nitro groups is 1. The molecule has 3 atom stereocenters. The van der Waals surface area contributed by atoms with Crippen molar-refractivity contribution < 1.29 is 14.5 Å². The minimum Gasteiger partial charge on any atom is -0.465 e. The number of nitro benzene ring substituents is 1. The summed E-state index contributed by atoms with van der Waals surface area (Å²) in [4.78, 5) is 22.8. The quantitative estimate of drug-likeness (QED) is 0.386. The molecule has 1 aliphatic carbocycles. The van der Waals surface area contributed by atoms with Gasteiger partial charge in [0, 0.05) is 23.7 Å². The normalized spacial score (nSPS) is 21.0. The van der Waals surface area contributed by atoms with Gasteiger partial charge in [-0.3, -0.25) is 10.1 Å². The number of benzene rings is 3. The number of carbonyl (C=O) groups is 1. The van der Waals surface area contributed by atoms with Crippen molar-refractivity contribution in [1.29, 1.82) is 0 Å². The minimum absolute atomic E-state index is 0.0306. The van der Waals surface area contributed by atoms with Crippen molar-refractivity contribution >= 4 is 17.3 Å². The number of hydrogen-bond acceptors (Lipinski definition) is 5. The smallest absolute Gasteiger partial charge is 0.337 e. The summed E-state index contributed by atoms with van der Waals surface area (Å²) in [5.74, 6) is -0.0505. The molecule has 1 heterocycles. The summed E-state index contributed by atoms with van der Waals surface area (Å²) in [5, 5.41) is 15.0. The fourth-order valence-corrected chi connectivity index (χ4v) is 4.94. The molecule has 3 aromatic carbocycles. The standard InChI is InChI=1S/C24H20N2O4/c1-30-24(27)15-8-6-14(7-9-15)23-20-12-16-4-2-3-5-18(16)22(20)19-13-17(26(28)29)10-11-21(19)25-23/h2-11,13,20,22-23,25H,12H2,1H3/t20-,22-,23-/m0/s1. The first-order valence-electron chi connectivity index (χ1n) is 9.88. The minimum atomic E-state index is -0.359. The molecular weight excluding hydrogens is 380 g/mol. The van der Waals surface area contributed by atoms with Crippen LogP contribution in [0.3, 0.4) is 0 Å². The van der Waals surface area contributed by atoms with Crippen LogP contribution in [0, 0.1) is 16.0 Å². The lowest BCUT2D eigenvalue weighted by Gasteiger charge is -2.38. The average Bonchev–Trinajstić information content (AvgIpc) is 3.17. The van der Waals surface area contributed by atoms with Crippen molar-refractivity contribution in [2.45, 2.75) is 18.4 Å². The summed E-state index contributed by atoms with van der Waals surface area (Å²) in [6.45, 7) is 0. The van der Waals surface area contributed by atoms with Crippen LogP contribution in [-0.2, 0) is 11.2 Å². The van der Waals surface area contributed by atoms with E-state index in [1.807, 2.05) is 24.3 Å². The Balaban J connectivity index is 1.61. The van der Waals surface area contributed by atoms with E-state index < -0.39 is 0 Å². The molecule has 0 fully saturated rings. The third-order valence-electron chi connectivity index (χ3n) is 6.29. The van der Waals surface area contributed by atoms with Gasteiger partial charge in [-0.2, -0.15) is 0 Å². The lowest BCUT2D eigenvalue weighted by atomic mass is 9.75. The van der Waals surface area contributed by atoms with Gasteiger partial charge in [-0.15, -0.1) is 0 Å². The zero-order valence-corrected chi connectivity index (χ0v) is 16.4. The van der Waals surface area contributed by atoms with Crippen molar-refractivity contribution in [2.24, 2.45) is 5.92 Å². The van der Waals surface area contributed by atoms with Gasteiger partial charge in [0.2, 0.25) is 0 Å². The Kier molecular flexibility index (Phi) is 4.28. The lowest BCUT2D eigenvalue weighted by molar-refractivity contribution is -0.384. The number of esters is 1. The van der Waals surface area contributed by atoms with Crippen LogP contribution < -0.4 is 5.32 Å². The van der Waals surface area contributed by atoms with Crippen LogP contribution in [-0.4, -0.2) is 18.0 Å². The van der Waals surface area contributed by atoms with Gasteiger partial charge in [-0.1, -0.05) is 36.4 Å². The SMILES string of the molecule is COC(=O)c1ccc([C@@H]2Nc3ccc([N+](=O)[O-])cc3[C@@H]3c4ccccc4C[C@@H]32)cc1. The Morgan fingerprint density at radius 2 is 1.83 bits per heavy atom. The first kappa shape index (κ1) is 18.4. The Morgan fingerprint density at radius 1 is 1.07 bits per heavy atom. The zero-order valence-electron chi connectivity index (χ0n) is 16.4. The predicted molar refractivity (Wildman–Crippen MR) is 113 cm³/mol. The number of hydrogen-bond donors (Lipinski definition) is 1. The van der Waals surface area contributed by atoms with Crippen molar-refractivity contribution in [1.82, 2.24) is 0 Å². The van der Waals surface area contributed by atoms with Crippen LogP contribution >= 0.6 is 0 Å². The van der Waals surface area contributed by atoms with Gasteiger partial charge in [0.05, 0.1) is 23.6 Å². The monoisotopic (exact) mass is 400 g/mol. The third-order valence-corrected chi connectivity index (χ3v) is 6.29. The van der Waals surface area contributed by atoms with E-state index >= 15 is 0 Å². The molecule has 150 valence electrons. The van der Waals surface area contributed by atoms with Gasteiger partial charge in [0.15, 0.2) is 0 Å². The van der Waals surface area contributed by atoms with E-state index in [9.17, 15) is 14.9 Å². The molecule has 0 radical (unpaired) electrons. The lowest BCUT2D eigenvalue weighted by Crippen LogP contribution is -2.30. The molecule has 0 spiro atoms. The first-order valence-corrected chi connectivity index (χ1v) is 9.88. The maximum absolute atomic E-state index is 11.8. The molecule has 1 N–H and O–H groups in total. The fraction of sp³-hybridized carbons (Fsp3) is 0.208. The van der Waals surface area contributed by atoms with E-state index in [4.69, 9.17) is 4.74 Å². The average molecular weight is 400 g/mol. The van der Waals surface area contributed by atoms with Crippen LogP contribution in [0.1, 0.15) is 44.6 Å². The summed E-state index contributed by atoms with van der Waals surface area (Å²) >= 11 is 0. The maximum atomic E-state index is 11.8. The molecule has 0 bridgehead atoms. The second-order valence-electron chi connectivity index (χ2n) is 7.81. The van der Waals surface area contributed by atoms with Crippen molar-refractivity contribution in [3.05, 3.63) is 105 Å². The zero-order chi connectivity index (χ0) is 20.8. The molecule has 6 nitrogen and oxygen atoms in total. The van der Waals surface area contributed by atoms with E-state index in [1.165, 1.54) is 18.2 Å². The number of anilines is 1.